The van der Waals surface area contributed by atoms with Gasteiger partial charge in [0.2, 0.25) is 0 Å². The highest BCUT2D eigenvalue weighted by molar-refractivity contribution is 6.24. The van der Waals surface area contributed by atoms with E-state index in [-0.39, 0.29) is 0 Å². The second kappa shape index (κ2) is 12.1. The monoisotopic (exact) mass is 617 g/mol. The highest BCUT2D eigenvalue weighted by atomic mass is 16.3. The molecule has 0 radical (unpaired) electrons. The largest absolute Gasteiger partial charge is 0.453 e. The second-order valence-electron chi connectivity index (χ2n) is 12.8. The fourth-order valence-corrected chi connectivity index (χ4v) is 7.49. The lowest BCUT2D eigenvalue weighted by molar-refractivity contribution is 0.670. The lowest BCUT2D eigenvalue weighted by atomic mass is 9.91. The molecule has 7 aromatic rings. The number of allylic oxidation sites excluding steroid dienone is 7. The fourth-order valence-electron chi connectivity index (χ4n) is 7.49. The first-order chi connectivity index (χ1) is 23.8. The van der Waals surface area contributed by atoms with E-state index in [1.54, 1.807) is 0 Å². The minimum Gasteiger partial charge on any atom is -0.453 e. The molecular formula is C46H35NO. The molecule has 0 saturated carbocycles. The first-order valence-electron chi connectivity index (χ1n) is 16.9. The summed E-state index contributed by atoms with van der Waals surface area (Å²) in [6.07, 6.45) is 17.8. The van der Waals surface area contributed by atoms with Crippen LogP contribution in [0.2, 0.25) is 0 Å². The summed E-state index contributed by atoms with van der Waals surface area (Å²) in [6, 6.07) is 48.0. The van der Waals surface area contributed by atoms with Gasteiger partial charge in [0.15, 0.2) is 5.58 Å². The number of nitrogens with zero attached hydrogens (tertiary/aromatic N) is 1. The molecule has 48 heavy (non-hydrogen) atoms. The Morgan fingerprint density at radius 2 is 1.31 bits per heavy atom. The lowest BCUT2D eigenvalue weighted by Crippen LogP contribution is -2.17. The minimum absolute atomic E-state index is 0.354. The Kier molecular flexibility index (Phi) is 7.13. The summed E-state index contributed by atoms with van der Waals surface area (Å²) in [5.74, 6) is 0.758. The summed E-state index contributed by atoms with van der Waals surface area (Å²) in [6.45, 7) is 0. The Hall–Kier alpha value is -5.86. The predicted molar refractivity (Wildman–Crippen MR) is 202 cm³/mol. The molecule has 0 bridgehead atoms. The molecule has 0 spiro atoms. The zero-order valence-electron chi connectivity index (χ0n) is 26.7. The van der Waals surface area contributed by atoms with Crippen LogP contribution >= 0.6 is 0 Å². The number of rotatable bonds is 6. The zero-order valence-corrected chi connectivity index (χ0v) is 26.7. The highest BCUT2D eigenvalue weighted by Crippen LogP contribution is 2.46. The van der Waals surface area contributed by atoms with E-state index in [4.69, 9.17) is 4.42 Å². The van der Waals surface area contributed by atoms with E-state index in [0.29, 0.717) is 11.8 Å². The van der Waals surface area contributed by atoms with Crippen LogP contribution in [0.1, 0.15) is 35.8 Å². The Balaban J connectivity index is 1.23. The maximum absolute atomic E-state index is 7.07. The molecule has 0 N–H and O–H groups in total. The average Bonchev–Trinajstić information content (AvgIpc) is 3.57. The van der Waals surface area contributed by atoms with Crippen LogP contribution < -0.4 is 4.90 Å². The molecule has 2 atom stereocenters. The topological polar surface area (TPSA) is 16.4 Å². The van der Waals surface area contributed by atoms with Gasteiger partial charge in [-0.1, -0.05) is 146 Å². The molecule has 2 heteroatoms. The van der Waals surface area contributed by atoms with Crippen molar-refractivity contribution in [1.82, 2.24) is 0 Å². The molecule has 2 unspecified atom stereocenters. The quantitative estimate of drug-likeness (QED) is 0.185. The highest BCUT2D eigenvalue weighted by Gasteiger charge is 2.24. The number of furan rings is 1. The van der Waals surface area contributed by atoms with Crippen molar-refractivity contribution < 1.29 is 4.42 Å². The Morgan fingerprint density at radius 3 is 2.08 bits per heavy atom. The lowest BCUT2D eigenvalue weighted by Gasteiger charge is -2.29. The van der Waals surface area contributed by atoms with Gasteiger partial charge in [0.1, 0.15) is 5.58 Å². The van der Waals surface area contributed by atoms with Gasteiger partial charge in [-0.05, 0) is 70.6 Å². The minimum atomic E-state index is 0.354. The maximum atomic E-state index is 7.07. The molecule has 2 aliphatic carbocycles. The van der Waals surface area contributed by atoms with Crippen LogP contribution in [0.4, 0.5) is 11.4 Å². The van der Waals surface area contributed by atoms with Gasteiger partial charge in [-0.3, -0.25) is 0 Å². The van der Waals surface area contributed by atoms with Gasteiger partial charge in [-0.2, -0.15) is 0 Å². The molecule has 0 saturated heterocycles. The second-order valence-corrected chi connectivity index (χ2v) is 12.8. The van der Waals surface area contributed by atoms with E-state index >= 15 is 0 Å². The van der Waals surface area contributed by atoms with Crippen molar-refractivity contribution in [3.8, 4) is 11.1 Å². The van der Waals surface area contributed by atoms with Crippen LogP contribution in [0.5, 0.6) is 0 Å². The summed E-state index contributed by atoms with van der Waals surface area (Å²) in [5.41, 5.74) is 10.1. The first-order valence-corrected chi connectivity index (χ1v) is 16.9. The average molecular weight is 618 g/mol. The number of benzene rings is 6. The summed E-state index contributed by atoms with van der Waals surface area (Å²) in [4.78, 5) is 2.38. The Labute approximate surface area is 281 Å². The van der Waals surface area contributed by atoms with Gasteiger partial charge in [0.25, 0.3) is 0 Å². The summed E-state index contributed by atoms with van der Waals surface area (Å²) >= 11 is 0. The molecule has 0 aliphatic heterocycles. The van der Waals surface area contributed by atoms with Crippen LogP contribution in [0.25, 0.3) is 43.8 Å². The number of para-hydroxylation sites is 1. The molecule has 0 fully saturated rings. The van der Waals surface area contributed by atoms with E-state index in [1.165, 1.54) is 21.9 Å². The Bertz CT molecular complexity index is 2390. The summed E-state index contributed by atoms with van der Waals surface area (Å²) in [7, 11) is 0. The van der Waals surface area contributed by atoms with Gasteiger partial charge >= 0.3 is 0 Å². The SMILES string of the molecule is C1=CCC(c2ccc(N(C3=CCC(c4ccccc4)C=C3)c3cccc4c3oc3c(-c5ccccc5)cc5ccccc5c34)cc2)C=C1. The molecule has 0 amide bonds. The van der Waals surface area contributed by atoms with Crippen LogP contribution in [-0.4, -0.2) is 0 Å². The number of hydrogen-bond donors (Lipinski definition) is 0. The van der Waals surface area contributed by atoms with Crippen molar-refractivity contribution >= 4 is 44.1 Å². The molecular weight excluding hydrogens is 583 g/mol. The van der Waals surface area contributed by atoms with Crippen molar-refractivity contribution in [2.24, 2.45) is 0 Å². The van der Waals surface area contributed by atoms with Crippen molar-refractivity contribution in [3.05, 3.63) is 193 Å². The molecule has 9 rings (SSSR count). The third-order valence-electron chi connectivity index (χ3n) is 9.92. The van der Waals surface area contributed by atoms with Crippen LogP contribution in [-0.2, 0) is 0 Å². The summed E-state index contributed by atoms with van der Waals surface area (Å²) < 4.78 is 7.07. The predicted octanol–water partition coefficient (Wildman–Crippen LogP) is 12.8. The number of anilines is 2. The van der Waals surface area contributed by atoms with Crippen LogP contribution in [0.15, 0.2) is 186 Å². The van der Waals surface area contributed by atoms with Gasteiger partial charge in [0.05, 0.1) is 5.69 Å². The maximum Gasteiger partial charge on any atom is 0.159 e. The van der Waals surface area contributed by atoms with Gasteiger partial charge in [-0.25, -0.2) is 0 Å². The normalized spacial score (nSPS) is 17.3. The van der Waals surface area contributed by atoms with Gasteiger partial charge < -0.3 is 9.32 Å². The van der Waals surface area contributed by atoms with Crippen LogP contribution in [0.3, 0.4) is 0 Å². The summed E-state index contributed by atoms with van der Waals surface area (Å²) in [5, 5.41) is 4.70. The molecule has 1 aromatic heterocycles. The number of fused-ring (bicyclic) bond motifs is 5. The van der Waals surface area contributed by atoms with E-state index in [9.17, 15) is 0 Å². The van der Waals surface area contributed by atoms with Crippen molar-refractivity contribution in [3.63, 3.8) is 0 Å². The van der Waals surface area contributed by atoms with E-state index in [0.717, 1.165) is 63.0 Å². The third kappa shape index (κ3) is 4.98. The number of hydrogen-bond acceptors (Lipinski definition) is 2. The van der Waals surface area contributed by atoms with Crippen LogP contribution in [0, 0.1) is 0 Å². The molecule has 6 aromatic carbocycles. The van der Waals surface area contributed by atoms with Crippen molar-refractivity contribution in [2.45, 2.75) is 24.7 Å². The standard InChI is InChI=1S/C46H35NO/c1-4-13-32(14-5-1)34-23-27-38(28-24-34)47(39-29-25-35(26-30-39)33-15-6-2-7-16-33)43-22-12-21-41-44-40-20-11-10-19-37(40)31-42(46(44)48-45(41)43)36-17-8-3-9-18-36/h1-15,17-23,25-31,33-34H,16,24H2. The van der Waals surface area contributed by atoms with Crippen molar-refractivity contribution in [2.75, 3.05) is 4.90 Å². The van der Waals surface area contributed by atoms with E-state index < -0.39 is 0 Å². The Morgan fingerprint density at radius 1 is 0.583 bits per heavy atom. The molecule has 230 valence electrons. The van der Waals surface area contributed by atoms with Gasteiger partial charge in [0, 0.05) is 39.6 Å². The molecule has 1 heterocycles. The van der Waals surface area contributed by atoms with E-state index in [2.05, 4.69) is 181 Å². The first kappa shape index (κ1) is 28.4. The molecule has 2 aliphatic rings. The fraction of sp³-hybridized carbons (Fsp3) is 0.0870. The van der Waals surface area contributed by atoms with E-state index in [1.807, 2.05) is 0 Å². The van der Waals surface area contributed by atoms with Gasteiger partial charge in [-0.15, -0.1) is 0 Å². The molecule has 2 nitrogen and oxygen atoms in total. The zero-order chi connectivity index (χ0) is 31.9. The smallest absolute Gasteiger partial charge is 0.159 e. The van der Waals surface area contributed by atoms with Crippen molar-refractivity contribution in [1.29, 1.82) is 0 Å². The third-order valence-corrected chi connectivity index (χ3v) is 9.92.